The molecule has 2 aromatic carbocycles. The lowest BCUT2D eigenvalue weighted by atomic mass is 9.95. The van der Waals surface area contributed by atoms with Gasteiger partial charge in [-0.2, -0.15) is 0 Å². The van der Waals surface area contributed by atoms with Crippen LogP contribution in [0.3, 0.4) is 0 Å². The van der Waals surface area contributed by atoms with Gasteiger partial charge in [-0.25, -0.2) is 0 Å². The number of carbonyl (C=O) groups is 2. The van der Waals surface area contributed by atoms with Gasteiger partial charge < -0.3 is 19.8 Å². The number of hydrogen-bond acceptors (Lipinski definition) is 5. The van der Waals surface area contributed by atoms with Crippen LogP contribution in [0.25, 0.3) is 5.76 Å². The summed E-state index contributed by atoms with van der Waals surface area (Å²) >= 11 is 0. The number of nitrogens with zero attached hydrogens (tertiary/aromatic N) is 1. The molecule has 3 rings (SSSR count). The summed E-state index contributed by atoms with van der Waals surface area (Å²) in [6.07, 6.45) is 0.658. The molecular weight excluding hydrogens is 358 g/mol. The second-order valence-electron chi connectivity index (χ2n) is 6.54. The maximum atomic E-state index is 12.7. The second kappa shape index (κ2) is 8.17. The lowest BCUT2D eigenvalue weighted by Gasteiger charge is -2.25. The summed E-state index contributed by atoms with van der Waals surface area (Å²) in [5.74, 6) is -0.945. The first-order valence-electron chi connectivity index (χ1n) is 9.28. The molecule has 1 saturated heterocycles. The molecule has 6 heteroatoms. The lowest BCUT2D eigenvalue weighted by Crippen LogP contribution is -2.30. The number of aliphatic hydroxyl groups excluding tert-OH is 1. The van der Waals surface area contributed by atoms with Crippen molar-refractivity contribution in [1.82, 2.24) is 4.90 Å². The number of rotatable bonds is 6. The predicted molar refractivity (Wildman–Crippen MR) is 105 cm³/mol. The van der Waals surface area contributed by atoms with E-state index in [1.807, 2.05) is 13.8 Å². The third kappa shape index (κ3) is 3.58. The Morgan fingerprint density at radius 3 is 2.43 bits per heavy atom. The van der Waals surface area contributed by atoms with Crippen LogP contribution in [0.1, 0.15) is 37.4 Å². The highest BCUT2D eigenvalue weighted by atomic mass is 16.5. The number of aliphatic hydroxyl groups is 1. The van der Waals surface area contributed by atoms with E-state index in [4.69, 9.17) is 4.74 Å². The molecule has 1 heterocycles. The van der Waals surface area contributed by atoms with Crippen LogP contribution >= 0.6 is 0 Å². The number of ketones is 1. The number of aromatic hydroxyl groups is 1. The van der Waals surface area contributed by atoms with Crippen LogP contribution in [0, 0.1) is 0 Å². The molecule has 0 aliphatic carbocycles. The Hall–Kier alpha value is -3.28. The van der Waals surface area contributed by atoms with E-state index in [0.29, 0.717) is 36.4 Å². The summed E-state index contributed by atoms with van der Waals surface area (Å²) < 4.78 is 5.40. The Morgan fingerprint density at radius 1 is 1.11 bits per heavy atom. The van der Waals surface area contributed by atoms with Crippen LogP contribution in [-0.2, 0) is 9.59 Å². The molecule has 1 aliphatic rings. The van der Waals surface area contributed by atoms with E-state index in [2.05, 4.69) is 0 Å². The molecule has 0 saturated carbocycles. The van der Waals surface area contributed by atoms with E-state index in [-0.39, 0.29) is 17.1 Å². The first kappa shape index (κ1) is 19.5. The van der Waals surface area contributed by atoms with Crippen molar-refractivity contribution in [2.24, 2.45) is 0 Å². The number of carbonyl (C=O) groups excluding carboxylic acids is 2. The van der Waals surface area contributed by atoms with E-state index in [9.17, 15) is 19.8 Å². The molecule has 0 bridgehead atoms. The summed E-state index contributed by atoms with van der Waals surface area (Å²) in [5, 5.41) is 20.8. The number of amides is 1. The molecule has 1 fully saturated rings. The number of ether oxygens (including phenoxy) is 1. The molecule has 1 unspecified atom stereocenters. The largest absolute Gasteiger partial charge is 0.508 e. The molecule has 6 nitrogen and oxygen atoms in total. The normalized spacial score (nSPS) is 18.5. The average Bonchev–Trinajstić information content (AvgIpc) is 2.94. The maximum absolute atomic E-state index is 12.7. The highest BCUT2D eigenvalue weighted by molar-refractivity contribution is 6.46. The van der Waals surface area contributed by atoms with Gasteiger partial charge in [-0.1, -0.05) is 19.1 Å². The zero-order chi connectivity index (χ0) is 20.3. The highest BCUT2D eigenvalue weighted by Gasteiger charge is 2.45. The van der Waals surface area contributed by atoms with Gasteiger partial charge >= 0.3 is 0 Å². The molecule has 146 valence electrons. The fourth-order valence-corrected chi connectivity index (χ4v) is 3.42. The topological polar surface area (TPSA) is 87.1 Å². The fourth-order valence-electron chi connectivity index (χ4n) is 3.42. The maximum Gasteiger partial charge on any atom is 0.295 e. The van der Waals surface area contributed by atoms with Gasteiger partial charge in [-0.05, 0) is 55.3 Å². The van der Waals surface area contributed by atoms with Crippen molar-refractivity contribution in [1.29, 1.82) is 0 Å². The van der Waals surface area contributed by atoms with Crippen molar-refractivity contribution >= 4 is 17.4 Å². The van der Waals surface area contributed by atoms with Crippen molar-refractivity contribution in [3.05, 3.63) is 65.2 Å². The highest BCUT2D eigenvalue weighted by Crippen LogP contribution is 2.40. The molecule has 28 heavy (non-hydrogen) atoms. The quantitative estimate of drug-likeness (QED) is 0.453. The van der Waals surface area contributed by atoms with E-state index in [0.717, 1.165) is 0 Å². The molecule has 0 radical (unpaired) electrons. The monoisotopic (exact) mass is 381 g/mol. The summed E-state index contributed by atoms with van der Waals surface area (Å²) in [4.78, 5) is 26.8. The molecular formula is C22H23NO5. The van der Waals surface area contributed by atoms with Crippen molar-refractivity contribution in [2.75, 3.05) is 13.2 Å². The van der Waals surface area contributed by atoms with E-state index in [1.54, 1.807) is 36.4 Å². The molecule has 2 aromatic rings. The van der Waals surface area contributed by atoms with Gasteiger partial charge in [0, 0.05) is 12.1 Å². The summed E-state index contributed by atoms with van der Waals surface area (Å²) in [6.45, 7) is 4.67. The molecule has 2 N–H and O–H groups in total. The van der Waals surface area contributed by atoms with Crippen LogP contribution < -0.4 is 4.74 Å². The van der Waals surface area contributed by atoms with Crippen LogP contribution in [0.4, 0.5) is 0 Å². The SMILES string of the molecule is CCCN1C(=O)C(=O)/C(=C(\O)c2ccc(OCC)cc2)C1c1cccc(O)c1. The molecule has 1 amide bonds. The average molecular weight is 381 g/mol. The second-order valence-corrected chi connectivity index (χ2v) is 6.54. The minimum atomic E-state index is -0.751. The van der Waals surface area contributed by atoms with Gasteiger partial charge in [-0.3, -0.25) is 9.59 Å². The third-order valence-electron chi connectivity index (χ3n) is 4.63. The smallest absolute Gasteiger partial charge is 0.295 e. The molecule has 1 aliphatic heterocycles. The van der Waals surface area contributed by atoms with Gasteiger partial charge in [0.1, 0.15) is 17.3 Å². The van der Waals surface area contributed by atoms with Crippen LogP contribution in [0.5, 0.6) is 11.5 Å². The predicted octanol–water partition coefficient (Wildman–Crippen LogP) is 3.62. The van der Waals surface area contributed by atoms with E-state index in [1.165, 1.54) is 17.0 Å². The van der Waals surface area contributed by atoms with Crippen molar-refractivity contribution in [2.45, 2.75) is 26.3 Å². The van der Waals surface area contributed by atoms with Gasteiger partial charge in [0.15, 0.2) is 0 Å². The van der Waals surface area contributed by atoms with Crippen molar-refractivity contribution < 1.29 is 24.5 Å². The van der Waals surface area contributed by atoms with E-state index >= 15 is 0 Å². The molecule has 0 spiro atoms. The minimum absolute atomic E-state index is 0.0215. The lowest BCUT2D eigenvalue weighted by molar-refractivity contribution is -0.139. The Morgan fingerprint density at radius 2 is 1.82 bits per heavy atom. The van der Waals surface area contributed by atoms with Gasteiger partial charge in [0.05, 0.1) is 18.2 Å². The third-order valence-corrected chi connectivity index (χ3v) is 4.63. The summed E-state index contributed by atoms with van der Waals surface area (Å²) in [7, 11) is 0. The Balaban J connectivity index is 2.12. The zero-order valence-corrected chi connectivity index (χ0v) is 15.9. The Kier molecular flexibility index (Phi) is 5.68. The number of phenols is 1. The van der Waals surface area contributed by atoms with Crippen LogP contribution in [0.15, 0.2) is 54.1 Å². The molecule has 1 atom stereocenters. The number of hydrogen-bond donors (Lipinski definition) is 2. The van der Waals surface area contributed by atoms with Crippen molar-refractivity contribution in [3.8, 4) is 11.5 Å². The van der Waals surface area contributed by atoms with E-state index < -0.39 is 17.7 Å². The Labute approximate surface area is 163 Å². The summed E-state index contributed by atoms with van der Waals surface area (Å²) in [6, 6.07) is 12.3. The van der Waals surface area contributed by atoms with Gasteiger partial charge in [0.2, 0.25) is 0 Å². The fraction of sp³-hybridized carbons (Fsp3) is 0.273. The summed E-state index contributed by atoms with van der Waals surface area (Å²) in [5.41, 5.74) is 1.01. The van der Waals surface area contributed by atoms with Crippen LogP contribution in [-0.4, -0.2) is 40.0 Å². The zero-order valence-electron chi connectivity index (χ0n) is 15.9. The molecule has 0 aromatic heterocycles. The van der Waals surface area contributed by atoms with Crippen LogP contribution in [0.2, 0.25) is 0 Å². The van der Waals surface area contributed by atoms with Gasteiger partial charge in [0.25, 0.3) is 11.7 Å². The number of likely N-dealkylation sites (tertiary alicyclic amines) is 1. The standard InChI is InChI=1S/C22H23NO5/c1-3-12-23-19(15-6-5-7-16(24)13-15)18(21(26)22(23)27)20(25)14-8-10-17(11-9-14)28-4-2/h5-11,13,19,24-25H,3-4,12H2,1-2H3/b20-18-. The number of Topliss-reactive ketones (excluding diaryl/α,β-unsaturated/α-hetero) is 1. The number of phenolic OH excluding ortho intramolecular Hbond substituents is 1. The number of benzene rings is 2. The first-order chi connectivity index (χ1) is 13.5. The first-order valence-corrected chi connectivity index (χ1v) is 9.28. The Bertz CT molecular complexity index is 917. The van der Waals surface area contributed by atoms with Gasteiger partial charge in [-0.15, -0.1) is 0 Å². The minimum Gasteiger partial charge on any atom is -0.508 e. The van der Waals surface area contributed by atoms with Crippen molar-refractivity contribution in [3.63, 3.8) is 0 Å².